The summed E-state index contributed by atoms with van der Waals surface area (Å²) in [5, 5.41) is 3.22. The van der Waals surface area contributed by atoms with Crippen molar-refractivity contribution in [2.75, 3.05) is 19.0 Å². The molecule has 0 unspecified atom stereocenters. The molecule has 1 aromatic heterocycles. The number of ether oxygens (including phenoxy) is 1. The Morgan fingerprint density at radius 1 is 1.40 bits per heavy atom. The molecule has 82 valence electrons. The Morgan fingerprint density at radius 2 is 2.13 bits per heavy atom. The second-order valence-electron chi connectivity index (χ2n) is 3.96. The first-order valence-electron chi connectivity index (χ1n) is 5.48. The number of anilines is 1. The normalized spacial score (nSPS) is 15.8. The lowest BCUT2D eigenvalue weighted by atomic mass is 9.83. The van der Waals surface area contributed by atoms with Crippen LogP contribution in [0.4, 0.5) is 5.95 Å². The van der Waals surface area contributed by atoms with E-state index in [4.69, 9.17) is 4.74 Å². The summed E-state index contributed by atoms with van der Waals surface area (Å²) in [5.41, 5.74) is 0. The molecule has 0 bridgehead atoms. The van der Waals surface area contributed by atoms with Crippen molar-refractivity contribution in [2.45, 2.75) is 25.7 Å². The Kier molecular flexibility index (Phi) is 3.37. The quantitative estimate of drug-likeness (QED) is 0.803. The summed E-state index contributed by atoms with van der Waals surface area (Å²) in [6, 6.07) is 0. The molecule has 0 spiro atoms. The molecule has 0 saturated heterocycles. The lowest BCUT2D eigenvalue weighted by Crippen LogP contribution is -2.16. The van der Waals surface area contributed by atoms with E-state index in [1.165, 1.54) is 25.7 Å². The molecule has 4 heteroatoms. The van der Waals surface area contributed by atoms with Gasteiger partial charge in [-0.2, -0.15) is 0 Å². The van der Waals surface area contributed by atoms with Crippen LogP contribution < -0.4 is 10.1 Å². The molecule has 0 aliphatic heterocycles. The molecule has 0 atom stereocenters. The van der Waals surface area contributed by atoms with Gasteiger partial charge in [-0.25, -0.2) is 9.97 Å². The number of rotatable bonds is 5. The zero-order valence-corrected chi connectivity index (χ0v) is 9.07. The Labute approximate surface area is 90.1 Å². The van der Waals surface area contributed by atoms with E-state index < -0.39 is 0 Å². The maximum atomic E-state index is 4.99. The molecule has 1 aromatic rings. The SMILES string of the molecule is COc1cnc(NCCC2CCC2)nc1. The van der Waals surface area contributed by atoms with Crippen molar-refractivity contribution in [3.63, 3.8) is 0 Å². The number of hydrogen-bond acceptors (Lipinski definition) is 4. The number of methoxy groups -OCH3 is 1. The first-order chi connectivity index (χ1) is 7.38. The molecule has 0 aromatic carbocycles. The minimum absolute atomic E-state index is 0.690. The Hall–Kier alpha value is -1.32. The van der Waals surface area contributed by atoms with Crippen molar-refractivity contribution in [3.8, 4) is 5.75 Å². The van der Waals surface area contributed by atoms with Crippen molar-refractivity contribution in [2.24, 2.45) is 5.92 Å². The highest BCUT2D eigenvalue weighted by Gasteiger charge is 2.16. The average Bonchev–Trinajstić information content (AvgIpc) is 2.23. The van der Waals surface area contributed by atoms with Crippen LogP contribution in [0.1, 0.15) is 25.7 Å². The van der Waals surface area contributed by atoms with Gasteiger partial charge < -0.3 is 10.1 Å². The Balaban J connectivity index is 1.72. The second-order valence-corrected chi connectivity index (χ2v) is 3.96. The highest BCUT2D eigenvalue weighted by molar-refractivity contribution is 5.26. The summed E-state index contributed by atoms with van der Waals surface area (Å²) in [6.07, 6.45) is 8.78. The lowest BCUT2D eigenvalue weighted by molar-refractivity contribution is 0.302. The molecule has 0 amide bonds. The van der Waals surface area contributed by atoms with Crippen LogP contribution in [0.2, 0.25) is 0 Å². The maximum absolute atomic E-state index is 4.99. The summed E-state index contributed by atoms with van der Waals surface area (Å²) in [4.78, 5) is 8.29. The maximum Gasteiger partial charge on any atom is 0.222 e. The van der Waals surface area contributed by atoms with Gasteiger partial charge in [0.2, 0.25) is 5.95 Å². The van der Waals surface area contributed by atoms with Crippen molar-refractivity contribution in [1.29, 1.82) is 0 Å². The van der Waals surface area contributed by atoms with Crippen LogP contribution in [0.25, 0.3) is 0 Å². The van der Waals surface area contributed by atoms with Crippen LogP contribution in [-0.4, -0.2) is 23.6 Å². The third kappa shape index (κ3) is 2.81. The van der Waals surface area contributed by atoms with E-state index in [0.717, 1.165) is 12.5 Å². The van der Waals surface area contributed by atoms with E-state index in [2.05, 4.69) is 15.3 Å². The van der Waals surface area contributed by atoms with Crippen molar-refractivity contribution in [3.05, 3.63) is 12.4 Å². The molecule has 1 saturated carbocycles. The molecule has 0 radical (unpaired) electrons. The monoisotopic (exact) mass is 207 g/mol. The lowest BCUT2D eigenvalue weighted by Gasteiger charge is -2.25. The van der Waals surface area contributed by atoms with E-state index in [-0.39, 0.29) is 0 Å². The van der Waals surface area contributed by atoms with E-state index in [1.54, 1.807) is 19.5 Å². The van der Waals surface area contributed by atoms with Gasteiger partial charge >= 0.3 is 0 Å². The van der Waals surface area contributed by atoms with Crippen molar-refractivity contribution < 1.29 is 4.74 Å². The van der Waals surface area contributed by atoms with Crippen LogP contribution in [-0.2, 0) is 0 Å². The first-order valence-corrected chi connectivity index (χ1v) is 5.48. The largest absolute Gasteiger partial charge is 0.494 e. The third-order valence-electron chi connectivity index (χ3n) is 2.92. The van der Waals surface area contributed by atoms with Gasteiger partial charge in [0.15, 0.2) is 5.75 Å². The number of aromatic nitrogens is 2. The van der Waals surface area contributed by atoms with Gasteiger partial charge in [-0.15, -0.1) is 0 Å². The average molecular weight is 207 g/mol. The van der Waals surface area contributed by atoms with Crippen LogP contribution in [0.3, 0.4) is 0 Å². The first kappa shape index (κ1) is 10.2. The molecule has 15 heavy (non-hydrogen) atoms. The molecular formula is C11H17N3O. The van der Waals surface area contributed by atoms with Gasteiger partial charge in [0.25, 0.3) is 0 Å². The number of hydrogen-bond donors (Lipinski definition) is 1. The van der Waals surface area contributed by atoms with Crippen LogP contribution in [0.5, 0.6) is 5.75 Å². The molecule has 1 N–H and O–H groups in total. The van der Waals surface area contributed by atoms with Gasteiger partial charge in [0.05, 0.1) is 19.5 Å². The molecular weight excluding hydrogens is 190 g/mol. The van der Waals surface area contributed by atoms with Gasteiger partial charge in [-0.1, -0.05) is 19.3 Å². The summed E-state index contributed by atoms with van der Waals surface area (Å²) in [6.45, 7) is 0.969. The van der Waals surface area contributed by atoms with Crippen LogP contribution >= 0.6 is 0 Å². The van der Waals surface area contributed by atoms with Crippen molar-refractivity contribution >= 4 is 5.95 Å². The fourth-order valence-corrected chi connectivity index (χ4v) is 1.68. The van der Waals surface area contributed by atoms with E-state index in [9.17, 15) is 0 Å². The molecule has 4 nitrogen and oxygen atoms in total. The summed E-state index contributed by atoms with van der Waals surface area (Å²) < 4.78 is 4.99. The van der Waals surface area contributed by atoms with Gasteiger partial charge in [-0.3, -0.25) is 0 Å². The Bertz CT molecular complexity index is 295. The minimum Gasteiger partial charge on any atom is -0.494 e. The number of nitrogens with zero attached hydrogens (tertiary/aromatic N) is 2. The predicted octanol–water partition coefficient (Wildman–Crippen LogP) is 2.09. The number of nitrogens with one attached hydrogen (secondary N) is 1. The Morgan fingerprint density at radius 3 is 2.67 bits per heavy atom. The third-order valence-corrected chi connectivity index (χ3v) is 2.92. The molecule has 1 aliphatic rings. The summed E-state index contributed by atoms with van der Waals surface area (Å²) in [5.74, 6) is 2.31. The zero-order valence-electron chi connectivity index (χ0n) is 9.07. The molecule has 1 heterocycles. The predicted molar refractivity (Wildman–Crippen MR) is 59.0 cm³/mol. The van der Waals surface area contributed by atoms with Crippen molar-refractivity contribution in [1.82, 2.24) is 9.97 Å². The smallest absolute Gasteiger partial charge is 0.222 e. The van der Waals surface area contributed by atoms with Gasteiger partial charge in [0, 0.05) is 6.54 Å². The highest BCUT2D eigenvalue weighted by atomic mass is 16.5. The summed E-state index contributed by atoms with van der Waals surface area (Å²) >= 11 is 0. The van der Waals surface area contributed by atoms with Gasteiger partial charge in [-0.05, 0) is 12.3 Å². The van der Waals surface area contributed by atoms with Crippen LogP contribution in [0, 0.1) is 5.92 Å². The summed E-state index contributed by atoms with van der Waals surface area (Å²) in [7, 11) is 1.61. The zero-order chi connectivity index (χ0) is 10.5. The fraction of sp³-hybridized carbons (Fsp3) is 0.636. The van der Waals surface area contributed by atoms with Gasteiger partial charge in [0.1, 0.15) is 0 Å². The second kappa shape index (κ2) is 4.96. The molecule has 1 aliphatic carbocycles. The van der Waals surface area contributed by atoms with E-state index in [1.807, 2.05) is 0 Å². The standard InChI is InChI=1S/C11H17N3O/c1-15-10-7-13-11(14-8-10)12-6-5-9-3-2-4-9/h7-9H,2-6H2,1H3,(H,12,13,14). The van der Waals surface area contributed by atoms with E-state index in [0.29, 0.717) is 11.7 Å². The fourth-order valence-electron chi connectivity index (χ4n) is 1.68. The minimum atomic E-state index is 0.690. The topological polar surface area (TPSA) is 47.0 Å². The highest BCUT2D eigenvalue weighted by Crippen LogP contribution is 2.28. The molecule has 1 fully saturated rings. The van der Waals surface area contributed by atoms with E-state index >= 15 is 0 Å². The molecule has 2 rings (SSSR count). The van der Waals surface area contributed by atoms with Crippen LogP contribution in [0.15, 0.2) is 12.4 Å².